The molecule has 4 heterocycles. The van der Waals surface area contributed by atoms with Crippen molar-refractivity contribution in [1.82, 2.24) is 9.88 Å². The number of aromatic carboxylic acids is 1. The monoisotopic (exact) mass is 374 g/mol. The first kappa shape index (κ1) is 17.0. The van der Waals surface area contributed by atoms with Crippen molar-refractivity contribution in [3.05, 3.63) is 45.4 Å². The Bertz CT molecular complexity index is 870. The molecule has 136 valence electrons. The average Bonchev–Trinajstić information content (AvgIpc) is 3.09. The maximum atomic E-state index is 12.6. The highest BCUT2D eigenvalue weighted by Crippen LogP contribution is 2.45. The fourth-order valence-corrected chi connectivity index (χ4v) is 4.93. The lowest BCUT2D eigenvalue weighted by Gasteiger charge is -2.43. The van der Waals surface area contributed by atoms with Crippen LogP contribution < -0.4 is 0 Å². The van der Waals surface area contributed by atoms with Crippen LogP contribution in [0.5, 0.6) is 5.75 Å². The van der Waals surface area contributed by atoms with Crippen LogP contribution in [-0.2, 0) is 16.8 Å². The van der Waals surface area contributed by atoms with Gasteiger partial charge < -0.3 is 19.8 Å². The van der Waals surface area contributed by atoms with Gasteiger partial charge in [0.1, 0.15) is 16.2 Å². The van der Waals surface area contributed by atoms with Crippen LogP contribution in [0.15, 0.2) is 24.4 Å². The Balaban J connectivity index is 1.55. The van der Waals surface area contributed by atoms with Crippen molar-refractivity contribution >= 4 is 23.2 Å². The summed E-state index contributed by atoms with van der Waals surface area (Å²) in [6, 6.07) is 4.77. The summed E-state index contributed by atoms with van der Waals surface area (Å²) < 4.78 is 6.10. The van der Waals surface area contributed by atoms with Crippen LogP contribution in [0.25, 0.3) is 0 Å². The lowest BCUT2D eigenvalue weighted by molar-refractivity contribution is -0.0906. The number of piperidine rings is 1. The fraction of sp³-hybridized carbons (Fsp3) is 0.389. The number of carboxylic acids is 1. The molecule has 0 aliphatic carbocycles. The zero-order chi connectivity index (χ0) is 18.3. The SMILES string of the molecule is O=C(O)c1cc2c(s1)C1(CCN(C(=O)c3ncccc3O)CC1)OCC2. The zero-order valence-corrected chi connectivity index (χ0v) is 14.8. The summed E-state index contributed by atoms with van der Waals surface area (Å²) >= 11 is 1.28. The summed E-state index contributed by atoms with van der Waals surface area (Å²) in [5.41, 5.74) is 0.577. The first-order chi connectivity index (χ1) is 12.5. The number of ether oxygens (including phenoxy) is 1. The van der Waals surface area contributed by atoms with Gasteiger partial charge in [0.15, 0.2) is 5.69 Å². The van der Waals surface area contributed by atoms with Gasteiger partial charge >= 0.3 is 5.97 Å². The Hall–Kier alpha value is -2.45. The van der Waals surface area contributed by atoms with E-state index in [1.807, 2.05) is 0 Å². The van der Waals surface area contributed by atoms with E-state index in [9.17, 15) is 19.8 Å². The number of hydrogen-bond donors (Lipinski definition) is 2. The van der Waals surface area contributed by atoms with E-state index in [0.717, 1.165) is 10.4 Å². The number of thiophene rings is 1. The van der Waals surface area contributed by atoms with Crippen LogP contribution >= 0.6 is 11.3 Å². The second kappa shape index (κ2) is 6.37. The highest BCUT2D eigenvalue weighted by Gasteiger charge is 2.43. The average molecular weight is 374 g/mol. The molecule has 2 aromatic rings. The van der Waals surface area contributed by atoms with Crippen molar-refractivity contribution in [1.29, 1.82) is 0 Å². The van der Waals surface area contributed by atoms with Crippen LogP contribution in [0.3, 0.4) is 0 Å². The van der Waals surface area contributed by atoms with E-state index in [1.54, 1.807) is 17.0 Å². The molecule has 0 saturated carbocycles. The Morgan fingerprint density at radius 1 is 1.31 bits per heavy atom. The van der Waals surface area contributed by atoms with Gasteiger partial charge in [0.25, 0.3) is 5.91 Å². The van der Waals surface area contributed by atoms with E-state index < -0.39 is 11.6 Å². The molecule has 2 aromatic heterocycles. The Labute approximate surface area is 153 Å². The van der Waals surface area contributed by atoms with Crippen LogP contribution in [0.4, 0.5) is 0 Å². The molecule has 0 bridgehead atoms. The summed E-state index contributed by atoms with van der Waals surface area (Å²) in [5.74, 6) is -1.34. The molecule has 0 aromatic carbocycles. The van der Waals surface area contributed by atoms with Gasteiger partial charge in [-0.25, -0.2) is 9.78 Å². The van der Waals surface area contributed by atoms with E-state index >= 15 is 0 Å². The Morgan fingerprint density at radius 2 is 2.08 bits per heavy atom. The van der Waals surface area contributed by atoms with Crippen LogP contribution in [-0.4, -0.2) is 51.7 Å². The number of aromatic hydroxyl groups is 1. The summed E-state index contributed by atoms with van der Waals surface area (Å²) in [7, 11) is 0. The normalized spacial score (nSPS) is 18.5. The number of fused-ring (bicyclic) bond motifs is 2. The lowest BCUT2D eigenvalue weighted by Crippen LogP contribution is -2.48. The standard InChI is InChI=1S/C18H18N2O5S/c21-12-2-1-6-19-14(12)16(22)20-7-4-18(5-8-20)15-11(3-9-25-18)10-13(26-15)17(23)24/h1-2,6,10,21H,3-5,7-9H2,(H,23,24). The summed E-state index contributed by atoms with van der Waals surface area (Å²) in [4.78, 5) is 30.9. The Morgan fingerprint density at radius 3 is 2.77 bits per heavy atom. The first-order valence-corrected chi connectivity index (χ1v) is 9.25. The van der Waals surface area contributed by atoms with Gasteiger partial charge in [0, 0.05) is 24.2 Å². The van der Waals surface area contributed by atoms with Crippen LogP contribution in [0, 0.1) is 0 Å². The number of hydrogen-bond acceptors (Lipinski definition) is 6. The van der Waals surface area contributed by atoms with Crippen molar-refractivity contribution in [3.8, 4) is 5.75 Å². The molecule has 7 nitrogen and oxygen atoms in total. The number of likely N-dealkylation sites (tertiary alicyclic amines) is 1. The molecule has 0 radical (unpaired) electrons. The van der Waals surface area contributed by atoms with Crippen molar-refractivity contribution in [2.24, 2.45) is 0 Å². The predicted molar refractivity (Wildman–Crippen MR) is 93.7 cm³/mol. The fourth-order valence-electron chi connectivity index (χ4n) is 3.68. The highest BCUT2D eigenvalue weighted by molar-refractivity contribution is 7.14. The third-order valence-corrected chi connectivity index (χ3v) is 6.38. The molecule has 1 amide bonds. The second-order valence-electron chi connectivity index (χ2n) is 6.53. The van der Waals surface area contributed by atoms with Gasteiger partial charge in [-0.3, -0.25) is 4.79 Å². The quantitative estimate of drug-likeness (QED) is 0.836. The largest absolute Gasteiger partial charge is 0.505 e. The molecular formula is C18H18N2O5S. The summed E-state index contributed by atoms with van der Waals surface area (Å²) in [6.07, 6.45) is 3.39. The molecule has 0 atom stereocenters. The molecule has 1 fully saturated rings. The van der Waals surface area contributed by atoms with E-state index in [2.05, 4.69) is 4.98 Å². The molecule has 2 aliphatic heterocycles. The minimum atomic E-state index is -0.919. The summed E-state index contributed by atoms with van der Waals surface area (Å²) in [6.45, 7) is 1.49. The highest BCUT2D eigenvalue weighted by atomic mass is 32.1. The Kier molecular flexibility index (Phi) is 4.16. The molecular weight excluding hydrogens is 356 g/mol. The molecule has 2 N–H and O–H groups in total. The van der Waals surface area contributed by atoms with Crippen LogP contribution in [0.1, 0.15) is 43.4 Å². The second-order valence-corrected chi connectivity index (χ2v) is 7.58. The number of amides is 1. The molecule has 1 saturated heterocycles. The van der Waals surface area contributed by atoms with Crippen molar-refractivity contribution in [2.45, 2.75) is 24.9 Å². The van der Waals surface area contributed by atoms with Crippen LogP contribution in [0.2, 0.25) is 0 Å². The van der Waals surface area contributed by atoms with E-state index in [4.69, 9.17) is 4.74 Å². The third-order valence-electron chi connectivity index (χ3n) is 5.03. The molecule has 2 aliphatic rings. The molecule has 1 spiro atoms. The van der Waals surface area contributed by atoms with E-state index in [1.165, 1.54) is 23.6 Å². The number of carbonyl (C=O) groups excluding carboxylic acids is 1. The maximum absolute atomic E-state index is 12.6. The number of aromatic nitrogens is 1. The maximum Gasteiger partial charge on any atom is 0.345 e. The smallest absolute Gasteiger partial charge is 0.345 e. The number of carboxylic acid groups (broad SMARTS) is 1. The van der Waals surface area contributed by atoms with Gasteiger partial charge in [0.05, 0.1) is 6.61 Å². The van der Waals surface area contributed by atoms with Crippen molar-refractivity contribution in [3.63, 3.8) is 0 Å². The zero-order valence-electron chi connectivity index (χ0n) is 14.0. The number of pyridine rings is 1. The molecule has 26 heavy (non-hydrogen) atoms. The first-order valence-electron chi connectivity index (χ1n) is 8.44. The molecule has 0 unspecified atom stereocenters. The van der Waals surface area contributed by atoms with Gasteiger partial charge in [-0.2, -0.15) is 0 Å². The minimum absolute atomic E-state index is 0.0537. The van der Waals surface area contributed by atoms with Gasteiger partial charge in [-0.05, 0) is 43.0 Å². The molecule has 8 heteroatoms. The molecule has 4 rings (SSSR count). The lowest BCUT2D eigenvalue weighted by atomic mass is 9.85. The minimum Gasteiger partial charge on any atom is -0.505 e. The van der Waals surface area contributed by atoms with Crippen molar-refractivity contribution < 1.29 is 24.5 Å². The van der Waals surface area contributed by atoms with Gasteiger partial charge in [0.2, 0.25) is 0 Å². The van der Waals surface area contributed by atoms with E-state index in [-0.39, 0.29) is 17.4 Å². The number of carbonyl (C=O) groups is 2. The van der Waals surface area contributed by atoms with Crippen molar-refractivity contribution in [2.75, 3.05) is 19.7 Å². The third kappa shape index (κ3) is 2.75. The predicted octanol–water partition coefficient (Wildman–Crippen LogP) is 2.25. The number of nitrogens with zero attached hydrogens (tertiary/aromatic N) is 2. The van der Waals surface area contributed by atoms with Gasteiger partial charge in [-0.15, -0.1) is 11.3 Å². The van der Waals surface area contributed by atoms with Gasteiger partial charge in [-0.1, -0.05) is 0 Å². The topological polar surface area (TPSA) is 100.0 Å². The summed E-state index contributed by atoms with van der Waals surface area (Å²) in [5, 5.41) is 19.1. The van der Waals surface area contributed by atoms with E-state index in [0.29, 0.717) is 43.8 Å². The number of rotatable bonds is 2.